The van der Waals surface area contributed by atoms with Crippen LogP contribution in [-0.2, 0) is 10.3 Å². The van der Waals surface area contributed by atoms with Crippen LogP contribution in [0.2, 0.25) is 5.02 Å². The molecule has 1 atom stereocenters. The number of anilines is 2. The van der Waals surface area contributed by atoms with Crippen LogP contribution < -0.4 is 16.4 Å². The molecule has 2 aromatic carbocycles. The molecule has 4 N–H and O–H groups in total. The normalized spacial score (nSPS) is 15.0. The van der Waals surface area contributed by atoms with Crippen molar-refractivity contribution < 1.29 is 9.18 Å². The van der Waals surface area contributed by atoms with E-state index < -0.39 is 23.3 Å². The molecule has 0 aliphatic heterocycles. The molecule has 1 fully saturated rings. The molecule has 0 spiro atoms. The van der Waals surface area contributed by atoms with Crippen LogP contribution in [0.25, 0.3) is 10.9 Å². The van der Waals surface area contributed by atoms with Gasteiger partial charge in [0.25, 0.3) is 0 Å². The second-order valence-electron chi connectivity index (χ2n) is 11.0. The van der Waals surface area contributed by atoms with Gasteiger partial charge in [-0.05, 0) is 42.0 Å². The lowest BCUT2D eigenvalue weighted by molar-refractivity contribution is -0.122. The van der Waals surface area contributed by atoms with E-state index in [9.17, 15) is 10.1 Å². The highest BCUT2D eigenvalue weighted by atomic mass is 35.5. The molecular weight excluding hydrogens is 519 g/mol. The second kappa shape index (κ2) is 9.82. The number of rotatable bonds is 8. The number of carbonyl (C=O) groups excluding carboxylic acids is 1. The highest BCUT2D eigenvalue weighted by molar-refractivity contribution is 6.31. The quantitative estimate of drug-likeness (QED) is 0.279. The molecule has 1 aliphatic rings. The van der Waals surface area contributed by atoms with E-state index in [1.807, 2.05) is 18.2 Å². The van der Waals surface area contributed by atoms with Crippen molar-refractivity contribution in [3.63, 3.8) is 0 Å². The highest BCUT2D eigenvalue weighted by Gasteiger charge is 2.52. The Morgan fingerprint density at radius 1 is 1.31 bits per heavy atom. The molecule has 9 nitrogen and oxygen atoms in total. The van der Waals surface area contributed by atoms with Gasteiger partial charge in [-0.3, -0.25) is 9.78 Å². The lowest BCUT2D eigenvalue weighted by Crippen LogP contribution is -2.34. The van der Waals surface area contributed by atoms with Crippen molar-refractivity contribution in [1.29, 1.82) is 5.26 Å². The van der Waals surface area contributed by atoms with E-state index in [-0.39, 0.29) is 10.9 Å². The standard InChI is InChI=1S/C28H28ClFN8O/c1-27(2,3)15-34-23-16(12-31)13-33-24-19(23)10-17(11-21(24)30)35-25(18-6-4-5-7-20(18)29)22-14-38(37-36-22)28(8-9-28)26(32)39/h4-7,10-11,13-14,25,35H,8-9,15H2,1-3H3,(H2,32,39)(H,33,34)/t25-/m0/s1. The second-order valence-corrected chi connectivity index (χ2v) is 11.4. The molecule has 2 heterocycles. The summed E-state index contributed by atoms with van der Waals surface area (Å²) in [6.07, 6.45) is 4.22. The third-order valence-electron chi connectivity index (χ3n) is 6.80. The van der Waals surface area contributed by atoms with E-state index in [2.05, 4.69) is 52.8 Å². The average molecular weight is 547 g/mol. The van der Waals surface area contributed by atoms with Gasteiger partial charge in [0.15, 0.2) is 5.82 Å². The smallest absolute Gasteiger partial charge is 0.245 e. The first-order valence-corrected chi connectivity index (χ1v) is 12.9. The van der Waals surface area contributed by atoms with Gasteiger partial charge in [-0.15, -0.1) is 5.10 Å². The molecule has 0 bridgehead atoms. The maximum Gasteiger partial charge on any atom is 0.245 e. The molecule has 5 rings (SSSR count). The van der Waals surface area contributed by atoms with E-state index in [4.69, 9.17) is 17.3 Å². The Balaban J connectivity index is 1.60. The number of benzene rings is 2. The summed E-state index contributed by atoms with van der Waals surface area (Å²) in [5, 5.41) is 25.8. The highest BCUT2D eigenvalue weighted by Crippen LogP contribution is 2.43. The Bertz CT molecular complexity index is 1620. The number of carbonyl (C=O) groups is 1. The van der Waals surface area contributed by atoms with E-state index >= 15 is 4.39 Å². The lowest BCUT2D eigenvalue weighted by atomic mass is 9.96. The Kier molecular flexibility index (Phi) is 6.64. The number of nitrogens with two attached hydrogens (primary N) is 1. The number of hydrogen-bond donors (Lipinski definition) is 3. The molecule has 0 saturated heterocycles. The summed E-state index contributed by atoms with van der Waals surface area (Å²) in [7, 11) is 0. The average Bonchev–Trinajstić information content (AvgIpc) is 3.56. The van der Waals surface area contributed by atoms with Crippen LogP contribution in [0, 0.1) is 22.6 Å². The summed E-state index contributed by atoms with van der Waals surface area (Å²) in [5.74, 6) is -1.01. The van der Waals surface area contributed by atoms with Crippen LogP contribution in [0.3, 0.4) is 0 Å². The van der Waals surface area contributed by atoms with Crippen molar-refractivity contribution >= 4 is 39.8 Å². The van der Waals surface area contributed by atoms with Gasteiger partial charge in [0, 0.05) is 28.8 Å². The number of fused-ring (bicyclic) bond motifs is 1. The van der Waals surface area contributed by atoms with Crippen molar-refractivity contribution in [1.82, 2.24) is 20.0 Å². The molecule has 2 aromatic heterocycles. The number of aromatic nitrogens is 4. The zero-order chi connectivity index (χ0) is 27.9. The molecule has 11 heteroatoms. The van der Waals surface area contributed by atoms with Crippen molar-refractivity contribution in [3.05, 3.63) is 76.5 Å². The number of halogens is 2. The number of nitrogens with zero attached hydrogens (tertiary/aromatic N) is 5. The van der Waals surface area contributed by atoms with E-state index in [0.717, 1.165) is 0 Å². The monoisotopic (exact) mass is 546 g/mol. The number of amides is 1. The van der Waals surface area contributed by atoms with Crippen molar-refractivity contribution in [2.24, 2.45) is 11.1 Å². The minimum Gasteiger partial charge on any atom is -0.383 e. The maximum absolute atomic E-state index is 15.4. The minimum absolute atomic E-state index is 0.0818. The maximum atomic E-state index is 15.4. The Hall–Kier alpha value is -4.23. The van der Waals surface area contributed by atoms with E-state index in [1.54, 1.807) is 18.3 Å². The first kappa shape index (κ1) is 26.4. The SMILES string of the molecule is CC(C)(C)CNc1c(C#N)cnc2c(F)cc(N[C@H](c3cn(C4(C(N)=O)CC4)nn3)c3ccccc3Cl)cc12. The number of hydrogen-bond acceptors (Lipinski definition) is 7. The number of nitriles is 1. The summed E-state index contributed by atoms with van der Waals surface area (Å²) in [6.45, 7) is 6.75. The van der Waals surface area contributed by atoms with E-state index in [1.165, 1.54) is 16.9 Å². The first-order chi connectivity index (χ1) is 18.5. The Morgan fingerprint density at radius 2 is 2.05 bits per heavy atom. The molecule has 4 aromatic rings. The predicted molar refractivity (Wildman–Crippen MR) is 148 cm³/mol. The summed E-state index contributed by atoms with van der Waals surface area (Å²) >= 11 is 6.57. The summed E-state index contributed by atoms with van der Waals surface area (Å²) in [6, 6.07) is 11.8. The van der Waals surface area contributed by atoms with Crippen LogP contribution in [0.15, 0.2) is 48.8 Å². The predicted octanol–water partition coefficient (Wildman–Crippen LogP) is 5.12. The number of primary amides is 1. The zero-order valence-corrected chi connectivity index (χ0v) is 22.6. The van der Waals surface area contributed by atoms with Crippen molar-refractivity contribution in [2.75, 3.05) is 17.2 Å². The van der Waals surface area contributed by atoms with Crippen LogP contribution >= 0.6 is 11.6 Å². The van der Waals surface area contributed by atoms with Gasteiger partial charge in [0.2, 0.25) is 5.91 Å². The fraction of sp³-hybridized carbons (Fsp3) is 0.321. The van der Waals surface area contributed by atoms with Crippen LogP contribution in [0.1, 0.15) is 56.5 Å². The third kappa shape index (κ3) is 5.10. The largest absolute Gasteiger partial charge is 0.383 e. The Morgan fingerprint density at radius 3 is 2.69 bits per heavy atom. The number of nitrogens with one attached hydrogen (secondary N) is 2. The minimum atomic E-state index is -0.877. The lowest BCUT2D eigenvalue weighted by Gasteiger charge is -2.22. The first-order valence-electron chi connectivity index (χ1n) is 12.5. The summed E-state index contributed by atoms with van der Waals surface area (Å²) in [4.78, 5) is 16.3. The zero-order valence-electron chi connectivity index (χ0n) is 21.8. The van der Waals surface area contributed by atoms with Gasteiger partial charge in [-0.2, -0.15) is 5.26 Å². The van der Waals surface area contributed by atoms with Gasteiger partial charge < -0.3 is 16.4 Å². The van der Waals surface area contributed by atoms with Gasteiger partial charge in [0.05, 0.1) is 23.5 Å². The third-order valence-corrected chi connectivity index (χ3v) is 7.14. The molecule has 0 radical (unpaired) electrons. The van der Waals surface area contributed by atoms with Crippen LogP contribution in [0.4, 0.5) is 15.8 Å². The van der Waals surface area contributed by atoms with E-state index in [0.29, 0.717) is 58.0 Å². The number of pyridine rings is 1. The van der Waals surface area contributed by atoms with Gasteiger partial charge in [-0.25, -0.2) is 9.07 Å². The van der Waals surface area contributed by atoms with Crippen LogP contribution in [0.5, 0.6) is 0 Å². The fourth-order valence-electron chi connectivity index (χ4n) is 4.48. The molecule has 1 saturated carbocycles. The molecule has 200 valence electrons. The molecule has 1 amide bonds. The summed E-state index contributed by atoms with van der Waals surface area (Å²) in [5.41, 5.74) is 7.23. The molecule has 39 heavy (non-hydrogen) atoms. The molecular formula is C28H28ClFN8O. The molecule has 0 unspecified atom stereocenters. The van der Waals surface area contributed by atoms with Crippen molar-refractivity contribution in [2.45, 2.75) is 45.2 Å². The molecule has 1 aliphatic carbocycles. The summed E-state index contributed by atoms with van der Waals surface area (Å²) < 4.78 is 16.9. The van der Waals surface area contributed by atoms with Crippen molar-refractivity contribution in [3.8, 4) is 6.07 Å². The van der Waals surface area contributed by atoms with Gasteiger partial charge in [-0.1, -0.05) is 55.8 Å². The van der Waals surface area contributed by atoms with Gasteiger partial charge in [0.1, 0.15) is 22.8 Å². The van der Waals surface area contributed by atoms with Crippen LogP contribution in [-0.4, -0.2) is 32.4 Å². The van der Waals surface area contributed by atoms with Gasteiger partial charge >= 0.3 is 0 Å². The Labute approximate surface area is 230 Å². The fourth-order valence-corrected chi connectivity index (χ4v) is 4.73. The topological polar surface area (TPSA) is 135 Å².